The lowest BCUT2D eigenvalue weighted by Crippen LogP contribution is -1.99. The zero-order valence-corrected chi connectivity index (χ0v) is 8.14. The van der Waals surface area contributed by atoms with Gasteiger partial charge in [0.25, 0.3) is 5.69 Å². The van der Waals surface area contributed by atoms with Crippen LogP contribution in [0.2, 0.25) is 0 Å². The number of phenolic OH excluding ortho intramolecular Hbond substituents is 1. The molecule has 0 bridgehead atoms. The highest BCUT2D eigenvalue weighted by atomic mass is 16.6. The molecule has 0 unspecified atom stereocenters. The van der Waals surface area contributed by atoms with Crippen molar-refractivity contribution in [2.24, 2.45) is 5.73 Å². The highest BCUT2D eigenvalue weighted by Crippen LogP contribution is 2.27. The number of nitrogens with zero attached hydrogens (tertiary/aromatic N) is 1. The Hall–Kier alpha value is -2.39. The Morgan fingerprint density at radius 3 is 2.75 bits per heavy atom. The summed E-state index contributed by atoms with van der Waals surface area (Å²) in [5, 5.41) is 20.0. The van der Waals surface area contributed by atoms with Crippen LogP contribution < -0.4 is 5.73 Å². The molecule has 0 atom stereocenters. The van der Waals surface area contributed by atoms with Crippen LogP contribution in [0.4, 0.5) is 5.69 Å². The lowest BCUT2D eigenvalue weighted by atomic mass is 10.1. The number of carbonyl (C=O) groups excluding carboxylic acids is 1. The van der Waals surface area contributed by atoms with Gasteiger partial charge in [0, 0.05) is 6.07 Å². The minimum absolute atomic E-state index is 0.00507. The van der Waals surface area contributed by atoms with Crippen LogP contribution in [0.3, 0.4) is 0 Å². The smallest absolute Gasteiger partial charge is 0.285 e. The van der Waals surface area contributed by atoms with Gasteiger partial charge in [0.2, 0.25) is 0 Å². The van der Waals surface area contributed by atoms with Crippen molar-refractivity contribution < 1.29 is 14.8 Å². The number of hydrogen-bond donors (Lipinski definition) is 2. The lowest BCUT2D eigenvalue weighted by Gasteiger charge is -2.01. The molecule has 0 aliphatic rings. The molecule has 1 aromatic rings. The van der Waals surface area contributed by atoms with Gasteiger partial charge in [-0.05, 0) is 6.07 Å². The molecule has 0 spiro atoms. The van der Waals surface area contributed by atoms with Crippen molar-refractivity contribution in [3.8, 4) is 17.6 Å². The topological polar surface area (TPSA) is 106 Å². The first-order valence-corrected chi connectivity index (χ1v) is 4.26. The zero-order valence-electron chi connectivity index (χ0n) is 8.14. The molecule has 0 aliphatic heterocycles. The molecule has 0 heterocycles. The summed E-state index contributed by atoms with van der Waals surface area (Å²) in [6.07, 6.45) is 0.322. The molecule has 0 saturated heterocycles. The molecule has 0 saturated carbocycles. The maximum absolute atomic E-state index is 10.7. The fourth-order valence-electron chi connectivity index (χ4n) is 1.14. The Bertz CT molecular complexity index is 500. The molecule has 6 heteroatoms. The summed E-state index contributed by atoms with van der Waals surface area (Å²) in [4.78, 5) is 20.7. The van der Waals surface area contributed by atoms with Gasteiger partial charge in [0.15, 0.2) is 6.29 Å². The number of benzene rings is 1. The summed E-state index contributed by atoms with van der Waals surface area (Å²) < 4.78 is 0. The predicted octanol–water partition coefficient (Wildman–Crippen LogP) is 0.423. The van der Waals surface area contributed by atoms with Gasteiger partial charge in [-0.1, -0.05) is 11.8 Å². The molecule has 6 nitrogen and oxygen atoms in total. The molecule has 0 aliphatic carbocycles. The number of aldehydes is 1. The van der Waals surface area contributed by atoms with E-state index in [1.807, 2.05) is 0 Å². The van der Waals surface area contributed by atoms with Gasteiger partial charge in [0.1, 0.15) is 11.3 Å². The molecule has 16 heavy (non-hydrogen) atoms. The molecule has 0 amide bonds. The van der Waals surface area contributed by atoms with E-state index in [0.29, 0.717) is 6.29 Å². The van der Waals surface area contributed by atoms with E-state index in [2.05, 4.69) is 11.8 Å². The third kappa shape index (κ3) is 2.16. The first-order valence-electron chi connectivity index (χ1n) is 4.26. The van der Waals surface area contributed by atoms with Gasteiger partial charge in [-0.25, -0.2) is 0 Å². The maximum Gasteiger partial charge on any atom is 0.285 e. The molecule has 1 aromatic carbocycles. The van der Waals surface area contributed by atoms with Crippen LogP contribution in [-0.4, -0.2) is 22.9 Å². The third-order valence-corrected chi connectivity index (χ3v) is 1.83. The molecule has 0 radical (unpaired) electrons. The maximum atomic E-state index is 10.7. The fraction of sp³-hybridized carbons (Fsp3) is 0.100. The highest BCUT2D eigenvalue weighted by molar-refractivity contribution is 5.86. The molecule has 82 valence electrons. The fourth-order valence-corrected chi connectivity index (χ4v) is 1.14. The van der Waals surface area contributed by atoms with Crippen molar-refractivity contribution in [1.82, 2.24) is 0 Å². The predicted molar refractivity (Wildman–Crippen MR) is 56.1 cm³/mol. The standard InChI is InChI=1S/C10H8N2O4/c11-5-1-2-7-8(6-13)10(14)4-3-9(7)12(15)16/h3-4,6,14H,5,11H2. The second-order valence-electron chi connectivity index (χ2n) is 2.77. The minimum Gasteiger partial charge on any atom is -0.507 e. The highest BCUT2D eigenvalue weighted by Gasteiger charge is 2.18. The van der Waals surface area contributed by atoms with E-state index in [1.165, 1.54) is 0 Å². The first-order chi connectivity index (χ1) is 7.61. The summed E-state index contributed by atoms with van der Waals surface area (Å²) in [5.41, 5.74) is 4.49. The van der Waals surface area contributed by atoms with Crippen molar-refractivity contribution in [1.29, 1.82) is 0 Å². The first kappa shape index (κ1) is 11.7. The average Bonchev–Trinajstić information content (AvgIpc) is 2.25. The number of phenols is 1. The molecule has 1 rings (SSSR count). The minimum atomic E-state index is -0.674. The Balaban J connectivity index is 3.53. The molecule has 0 fully saturated rings. The van der Waals surface area contributed by atoms with E-state index < -0.39 is 4.92 Å². The van der Waals surface area contributed by atoms with Crippen LogP contribution in [-0.2, 0) is 0 Å². The van der Waals surface area contributed by atoms with Crippen LogP contribution in [0.5, 0.6) is 5.75 Å². The van der Waals surface area contributed by atoms with E-state index in [0.717, 1.165) is 12.1 Å². The van der Waals surface area contributed by atoms with E-state index in [4.69, 9.17) is 5.73 Å². The molecule has 0 aromatic heterocycles. The SMILES string of the molecule is NCC#Cc1c([N+](=O)[O-])ccc(O)c1C=O. The Kier molecular flexibility index (Phi) is 3.58. The van der Waals surface area contributed by atoms with Crippen molar-refractivity contribution in [2.75, 3.05) is 6.54 Å². The van der Waals surface area contributed by atoms with Crippen LogP contribution in [0.15, 0.2) is 12.1 Å². The number of carbonyl (C=O) groups is 1. The Morgan fingerprint density at radius 2 is 2.25 bits per heavy atom. The summed E-state index contributed by atoms with van der Waals surface area (Å²) in [5.74, 6) is 4.47. The van der Waals surface area contributed by atoms with E-state index in [1.54, 1.807) is 0 Å². The number of nitrogens with two attached hydrogens (primary N) is 1. The Morgan fingerprint density at radius 1 is 1.56 bits per heavy atom. The van der Waals surface area contributed by atoms with Gasteiger partial charge in [0.05, 0.1) is 17.0 Å². The van der Waals surface area contributed by atoms with Crippen molar-refractivity contribution in [3.63, 3.8) is 0 Å². The van der Waals surface area contributed by atoms with Crippen LogP contribution in [0.25, 0.3) is 0 Å². The van der Waals surface area contributed by atoms with Crippen molar-refractivity contribution in [3.05, 3.63) is 33.4 Å². The van der Waals surface area contributed by atoms with Gasteiger partial charge < -0.3 is 10.8 Å². The van der Waals surface area contributed by atoms with Crippen LogP contribution in [0.1, 0.15) is 15.9 Å². The summed E-state index contributed by atoms with van der Waals surface area (Å²) in [7, 11) is 0. The summed E-state index contributed by atoms with van der Waals surface area (Å²) in [6.45, 7) is 0.00507. The van der Waals surface area contributed by atoms with Crippen molar-refractivity contribution >= 4 is 12.0 Å². The average molecular weight is 220 g/mol. The summed E-state index contributed by atoms with van der Waals surface area (Å²) >= 11 is 0. The third-order valence-electron chi connectivity index (χ3n) is 1.83. The normalized spacial score (nSPS) is 9.06. The van der Waals surface area contributed by atoms with Crippen LogP contribution in [0, 0.1) is 22.0 Å². The second-order valence-corrected chi connectivity index (χ2v) is 2.77. The van der Waals surface area contributed by atoms with Gasteiger partial charge in [-0.15, -0.1) is 0 Å². The second kappa shape index (κ2) is 4.91. The zero-order chi connectivity index (χ0) is 12.1. The molecular weight excluding hydrogens is 212 g/mol. The van der Waals surface area contributed by atoms with E-state index >= 15 is 0 Å². The van der Waals surface area contributed by atoms with E-state index in [-0.39, 0.29) is 29.1 Å². The number of rotatable bonds is 2. The summed E-state index contributed by atoms with van der Waals surface area (Å²) in [6, 6.07) is 2.17. The monoisotopic (exact) mass is 220 g/mol. The van der Waals surface area contributed by atoms with Gasteiger partial charge >= 0.3 is 0 Å². The number of nitro benzene ring substituents is 1. The lowest BCUT2D eigenvalue weighted by molar-refractivity contribution is -0.385. The van der Waals surface area contributed by atoms with Crippen LogP contribution >= 0.6 is 0 Å². The Labute approximate surface area is 90.8 Å². The van der Waals surface area contributed by atoms with Gasteiger partial charge in [-0.2, -0.15) is 0 Å². The molecular formula is C10H8N2O4. The number of nitro groups is 1. The number of aromatic hydroxyl groups is 1. The largest absolute Gasteiger partial charge is 0.507 e. The molecule has 3 N–H and O–H groups in total. The van der Waals surface area contributed by atoms with Gasteiger partial charge in [-0.3, -0.25) is 14.9 Å². The number of hydrogen-bond acceptors (Lipinski definition) is 5. The van der Waals surface area contributed by atoms with E-state index in [9.17, 15) is 20.0 Å². The van der Waals surface area contributed by atoms with Crippen molar-refractivity contribution in [2.45, 2.75) is 0 Å². The quantitative estimate of drug-likeness (QED) is 0.325.